The van der Waals surface area contributed by atoms with E-state index in [0.717, 1.165) is 24.5 Å². The number of ether oxygens (including phenoxy) is 1. The minimum atomic E-state index is -0.242. The summed E-state index contributed by atoms with van der Waals surface area (Å²) in [6, 6.07) is 10.2. The summed E-state index contributed by atoms with van der Waals surface area (Å²) in [6.45, 7) is 5.41. The first-order valence-electron chi connectivity index (χ1n) is 8.96. The molecule has 1 unspecified atom stereocenters. The number of hydrogen-bond donors (Lipinski definition) is 0. The fraction of sp³-hybridized carbons (Fsp3) is 0.368. The van der Waals surface area contributed by atoms with Crippen molar-refractivity contribution in [3.05, 3.63) is 58.8 Å². The molecule has 1 fully saturated rings. The van der Waals surface area contributed by atoms with Crippen LogP contribution in [0.15, 0.2) is 47.1 Å². The van der Waals surface area contributed by atoms with Crippen molar-refractivity contribution in [2.24, 2.45) is 0 Å². The molecule has 2 aromatic heterocycles. The van der Waals surface area contributed by atoms with Gasteiger partial charge in [0.1, 0.15) is 5.82 Å². The van der Waals surface area contributed by atoms with Gasteiger partial charge in [0, 0.05) is 19.6 Å². The van der Waals surface area contributed by atoms with Crippen LogP contribution in [0.3, 0.4) is 0 Å². The molecule has 3 aromatic rings. The van der Waals surface area contributed by atoms with Crippen molar-refractivity contribution in [2.75, 3.05) is 19.7 Å². The van der Waals surface area contributed by atoms with Gasteiger partial charge in [-0.05, 0) is 49.0 Å². The van der Waals surface area contributed by atoms with Gasteiger partial charge in [-0.3, -0.25) is 9.47 Å². The smallest absolute Gasteiger partial charge is 0.199 e. The topological polar surface area (TPSA) is 48.4 Å². The van der Waals surface area contributed by atoms with Crippen LogP contribution in [0.1, 0.15) is 18.6 Å². The number of furan rings is 1. The molecule has 142 valence electrons. The molecule has 4 rings (SSSR count). The van der Waals surface area contributed by atoms with E-state index in [4.69, 9.17) is 21.4 Å². The Bertz CT molecular complexity index is 949. The van der Waals surface area contributed by atoms with Crippen molar-refractivity contribution in [2.45, 2.75) is 26.2 Å². The van der Waals surface area contributed by atoms with Gasteiger partial charge in [-0.25, -0.2) is 9.07 Å². The molecule has 0 amide bonds. The zero-order valence-electron chi connectivity index (χ0n) is 15.0. The summed E-state index contributed by atoms with van der Waals surface area (Å²) >= 11 is 5.61. The van der Waals surface area contributed by atoms with Crippen molar-refractivity contribution < 1.29 is 13.5 Å². The summed E-state index contributed by atoms with van der Waals surface area (Å²) in [5.41, 5.74) is 0.972. The molecular weight excluding hydrogens is 367 g/mol. The van der Waals surface area contributed by atoms with Crippen LogP contribution in [0.4, 0.5) is 4.39 Å². The second-order valence-electron chi connectivity index (χ2n) is 6.46. The van der Waals surface area contributed by atoms with Gasteiger partial charge in [0.25, 0.3) is 0 Å². The maximum Gasteiger partial charge on any atom is 0.199 e. The largest absolute Gasteiger partial charge is 0.461 e. The maximum absolute atomic E-state index is 13.2. The monoisotopic (exact) mass is 388 g/mol. The number of rotatable bonds is 5. The Balaban J connectivity index is 1.53. The van der Waals surface area contributed by atoms with Crippen molar-refractivity contribution >= 4 is 12.2 Å². The Kier molecular flexibility index (Phi) is 5.20. The van der Waals surface area contributed by atoms with E-state index in [9.17, 15) is 4.39 Å². The second-order valence-corrected chi connectivity index (χ2v) is 6.82. The first-order chi connectivity index (χ1) is 13.2. The SMILES string of the molecule is CCn1c(-c2ccco2)nn(CN2CCOC(c3ccc(F)cc3)C2)c1=S. The van der Waals surface area contributed by atoms with E-state index >= 15 is 0 Å². The van der Waals surface area contributed by atoms with Crippen molar-refractivity contribution in [3.8, 4) is 11.6 Å². The average molecular weight is 388 g/mol. The van der Waals surface area contributed by atoms with Gasteiger partial charge in [0.05, 0.1) is 25.6 Å². The quantitative estimate of drug-likeness (QED) is 0.621. The van der Waals surface area contributed by atoms with Crippen LogP contribution < -0.4 is 0 Å². The predicted molar refractivity (Wildman–Crippen MR) is 101 cm³/mol. The van der Waals surface area contributed by atoms with Crippen LogP contribution in [0, 0.1) is 10.6 Å². The predicted octanol–water partition coefficient (Wildman–Crippen LogP) is 3.86. The molecule has 0 bridgehead atoms. The molecule has 0 aliphatic carbocycles. The third-order valence-electron chi connectivity index (χ3n) is 4.71. The van der Waals surface area contributed by atoms with Crippen molar-refractivity contribution in [1.29, 1.82) is 0 Å². The lowest BCUT2D eigenvalue weighted by atomic mass is 10.1. The fourth-order valence-electron chi connectivity index (χ4n) is 3.31. The summed E-state index contributed by atoms with van der Waals surface area (Å²) in [4.78, 5) is 2.24. The van der Waals surface area contributed by atoms with Gasteiger partial charge < -0.3 is 9.15 Å². The molecule has 6 nitrogen and oxygen atoms in total. The van der Waals surface area contributed by atoms with Crippen molar-refractivity contribution in [3.63, 3.8) is 0 Å². The molecule has 8 heteroatoms. The van der Waals surface area contributed by atoms with Gasteiger partial charge in [-0.1, -0.05) is 12.1 Å². The molecule has 1 atom stereocenters. The minimum absolute atomic E-state index is 0.0914. The Morgan fingerprint density at radius 3 is 2.78 bits per heavy atom. The molecule has 27 heavy (non-hydrogen) atoms. The highest BCUT2D eigenvalue weighted by Crippen LogP contribution is 2.24. The maximum atomic E-state index is 13.2. The summed E-state index contributed by atoms with van der Waals surface area (Å²) in [6.07, 6.45) is 1.54. The van der Waals surface area contributed by atoms with Crippen molar-refractivity contribution in [1.82, 2.24) is 19.2 Å². The lowest BCUT2D eigenvalue weighted by molar-refractivity contribution is -0.0419. The normalized spacial score (nSPS) is 18.1. The Morgan fingerprint density at radius 1 is 1.26 bits per heavy atom. The second kappa shape index (κ2) is 7.75. The van der Waals surface area contributed by atoms with E-state index in [2.05, 4.69) is 10.00 Å². The van der Waals surface area contributed by atoms with Crippen LogP contribution in [-0.2, 0) is 18.0 Å². The lowest BCUT2D eigenvalue weighted by Gasteiger charge is -2.32. The van der Waals surface area contributed by atoms with E-state index in [0.29, 0.717) is 30.4 Å². The summed E-state index contributed by atoms with van der Waals surface area (Å²) in [5.74, 6) is 1.19. The van der Waals surface area contributed by atoms with Gasteiger partial charge >= 0.3 is 0 Å². The molecule has 0 spiro atoms. The van der Waals surface area contributed by atoms with Gasteiger partial charge in [0.2, 0.25) is 0 Å². The first kappa shape index (κ1) is 18.1. The minimum Gasteiger partial charge on any atom is -0.461 e. The highest BCUT2D eigenvalue weighted by atomic mass is 32.1. The first-order valence-corrected chi connectivity index (χ1v) is 9.37. The number of halogens is 1. The fourth-order valence-corrected chi connectivity index (χ4v) is 3.62. The highest BCUT2D eigenvalue weighted by molar-refractivity contribution is 7.71. The van der Waals surface area contributed by atoms with E-state index in [-0.39, 0.29) is 11.9 Å². The molecular formula is C19H21FN4O2S. The van der Waals surface area contributed by atoms with Crippen LogP contribution in [0.5, 0.6) is 0 Å². The standard InChI is InChI=1S/C19H21FN4O2S/c1-2-23-18(16-4-3-10-25-16)21-24(19(23)27)13-22-9-11-26-17(12-22)14-5-7-15(20)8-6-14/h3-8,10,17H,2,9,11-13H2,1H3. The summed E-state index contributed by atoms with van der Waals surface area (Å²) < 4.78 is 29.0. The molecule has 1 saturated heterocycles. The molecule has 0 N–H and O–H groups in total. The molecule has 0 saturated carbocycles. The summed E-state index contributed by atoms with van der Waals surface area (Å²) in [7, 11) is 0. The van der Waals surface area contributed by atoms with Crippen LogP contribution in [-0.4, -0.2) is 38.9 Å². The number of nitrogens with zero attached hydrogens (tertiary/aromatic N) is 4. The number of benzene rings is 1. The van der Waals surface area contributed by atoms with Gasteiger partial charge in [0.15, 0.2) is 16.4 Å². The lowest BCUT2D eigenvalue weighted by Crippen LogP contribution is -2.39. The Hall–Kier alpha value is -2.29. The molecule has 0 radical (unpaired) electrons. The Labute approximate surface area is 161 Å². The average Bonchev–Trinajstić information content (AvgIpc) is 3.31. The van der Waals surface area contributed by atoms with E-state index in [1.54, 1.807) is 18.4 Å². The van der Waals surface area contributed by atoms with Crippen LogP contribution in [0.2, 0.25) is 0 Å². The van der Waals surface area contributed by atoms with E-state index in [1.807, 2.05) is 28.3 Å². The molecule has 1 aliphatic rings. The van der Waals surface area contributed by atoms with Crippen LogP contribution in [0.25, 0.3) is 11.6 Å². The number of morpholine rings is 1. The number of aromatic nitrogens is 3. The number of hydrogen-bond acceptors (Lipinski definition) is 5. The van der Waals surface area contributed by atoms with Crippen LogP contribution >= 0.6 is 12.2 Å². The zero-order valence-corrected chi connectivity index (χ0v) is 15.9. The third kappa shape index (κ3) is 3.73. The van der Waals surface area contributed by atoms with Gasteiger partial charge in [-0.2, -0.15) is 0 Å². The van der Waals surface area contributed by atoms with E-state index < -0.39 is 0 Å². The molecule has 1 aromatic carbocycles. The molecule has 1 aliphatic heterocycles. The van der Waals surface area contributed by atoms with Gasteiger partial charge in [-0.15, -0.1) is 5.10 Å². The zero-order chi connectivity index (χ0) is 18.8. The van der Waals surface area contributed by atoms with E-state index in [1.165, 1.54) is 12.1 Å². The highest BCUT2D eigenvalue weighted by Gasteiger charge is 2.23. The summed E-state index contributed by atoms with van der Waals surface area (Å²) in [5, 5.41) is 4.68. The Morgan fingerprint density at radius 2 is 2.07 bits per heavy atom. The third-order valence-corrected chi connectivity index (χ3v) is 5.14. The molecule has 3 heterocycles.